The van der Waals surface area contributed by atoms with E-state index in [-0.39, 0.29) is 5.78 Å². The van der Waals surface area contributed by atoms with Crippen molar-refractivity contribution < 1.29 is 4.79 Å². The Kier molecular flexibility index (Phi) is 3.74. The van der Waals surface area contributed by atoms with Crippen molar-refractivity contribution in [2.45, 2.75) is 25.7 Å². The molecular weight excluding hydrogens is 162 g/mol. The van der Waals surface area contributed by atoms with Crippen LogP contribution in [-0.2, 0) is 4.79 Å². The summed E-state index contributed by atoms with van der Waals surface area (Å²) in [6.45, 7) is 0. The van der Waals surface area contributed by atoms with Gasteiger partial charge in [-0.05, 0) is 31.3 Å². The first-order valence-electron chi connectivity index (χ1n) is 4.78. The van der Waals surface area contributed by atoms with Crippen molar-refractivity contribution in [1.29, 1.82) is 0 Å². The molecule has 1 rings (SSSR count). The third-order valence-corrected chi connectivity index (χ3v) is 2.13. The Bertz CT molecular complexity index is 238. The maximum atomic E-state index is 11.5. The quantitative estimate of drug-likeness (QED) is 0.619. The van der Waals surface area contributed by atoms with Gasteiger partial charge in [-0.15, -0.1) is 0 Å². The molecule has 0 aromatic rings. The minimum atomic E-state index is 0.174. The molecule has 2 heteroatoms. The van der Waals surface area contributed by atoms with Gasteiger partial charge < -0.3 is 4.90 Å². The minimum absolute atomic E-state index is 0.174. The van der Waals surface area contributed by atoms with E-state index in [0.29, 0.717) is 0 Å². The number of hydrogen-bond acceptors (Lipinski definition) is 2. The van der Waals surface area contributed by atoms with E-state index in [2.05, 4.69) is 6.08 Å². The highest BCUT2D eigenvalue weighted by Gasteiger charge is 2.08. The molecule has 0 aromatic heterocycles. The molecule has 0 atom stereocenters. The Morgan fingerprint density at radius 2 is 2.23 bits per heavy atom. The van der Waals surface area contributed by atoms with E-state index in [9.17, 15) is 4.79 Å². The number of hydrogen-bond donors (Lipinski definition) is 0. The predicted octanol–water partition coefficient (Wildman–Crippen LogP) is 2.13. The highest BCUT2D eigenvalue weighted by molar-refractivity contribution is 6.03. The summed E-state index contributed by atoms with van der Waals surface area (Å²) < 4.78 is 0. The van der Waals surface area contributed by atoms with E-state index in [0.717, 1.165) is 24.8 Å². The number of nitrogens with zero attached hydrogens (tertiary/aromatic N) is 1. The minimum Gasteiger partial charge on any atom is -0.383 e. The summed E-state index contributed by atoms with van der Waals surface area (Å²) in [5.74, 6) is 0.174. The third-order valence-electron chi connectivity index (χ3n) is 2.13. The highest BCUT2D eigenvalue weighted by Crippen LogP contribution is 2.18. The van der Waals surface area contributed by atoms with Crippen LogP contribution in [0.5, 0.6) is 0 Å². The zero-order valence-corrected chi connectivity index (χ0v) is 8.42. The van der Waals surface area contributed by atoms with E-state index < -0.39 is 0 Å². The van der Waals surface area contributed by atoms with E-state index >= 15 is 0 Å². The topological polar surface area (TPSA) is 20.3 Å². The molecule has 0 bridgehead atoms. The van der Waals surface area contributed by atoms with Gasteiger partial charge in [0.25, 0.3) is 0 Å². The van der Waals surface area contributed by atoms with Gasteiger partial charge in [-0.3, -0.25) is 4.79 Å². The molecule has 0 fully saturated rings. The van der Waals surface area contributed by atoms with Gasteiger partial charge in [-0.25, -0.2) is 0 Å². The maximum absolute atomic E-state index is 11.5. The number of allylic oxidation sites excluding steroid dienone is 3. The van der Waals surface area contributed by atoms with Crippen LogP contribution in [0.15, 0.2) is 23.9 Å². The van der Waals surface area contributed by atoms with Crippen molar-refractivity contribution >= 4 is 5.78 Å². The molecule has 0 aromatic carbocycles. The molecule has 2 nitrogen and oxygen atoms in total. The van der Waals surface area contributed by atoms with Crippen molar-refractivity contribution in [3.63, 3.8) is 0 Å². The van der Waals surface area contributed by atoms with E-state index in [1.165, 1.54) is 6.42 Å². The fraction of sp³-hybridized carbons (Fsp3) is 0.545. The Morgan fingerprint density at radius 1 is 1.46 bits per heavy atom. The lowest BCUT2D eigenvalue weighted by Crippen LogP contribution is -2.06. The summed E-state index contributed by atoms with van der Waals surface area (Å²) in [6.07, 6.45) is 9.94. The third kappa shape index (κ3) is 3.45. The van der Waals surface area contributed by atoms with Gasteiger partial charge in [0.15, 0.2) is 5.78 Å². The van der Waals surface area contributed by atoms with Crippen LogP contribution in [0.25, 0.3) is 0 Å². The molecule has 0 aliphatic heterocycles. The van der Waals surface area contributed by atoms with Gasteiger partial charge in [0, 0.05) is 26.4 Å². The van der Waals surface area contributed by atoms with Crippen molar-refractivity contribution in [3.05, 3.63) is 23.9 Å². The fourth-order valence-electron chi connectivity index (χ4n) is 1.39. The monoisotopic (exact) mass is 179 g/mol. The Hall–Kier alpha value is -1.05. The van der Waals surface area contributed by atoms with Crippen LogP contribution >= 0.6 is 0 Å². The molecule has 0 saturated carbocycles. The first-order chi connectivity index (χ1) is 6.20. The van der Waals surface area contributed by atoms with Crippen LogP contribution in [0.1, 0.15) is 25.7 Å². The first-order valence-corrected chi connectivity index (χ1v) is 4.78. The second-order valence-electron chi connectivity index (χ2n) is 3.62. The summed E-state index contributed by atoms with van der Waals surface area (Å²) >= 11 is 0. The summed E-state index contributed by atoms with van der Waals surface area (Å²) in [7, 11) is 3.83. The van der Waals surface area contributed by atoms with Crippen LogP contribution in [0.4, 0.5) is 0 Å². The summed E-state index contributed by atoms with van der Waals surface area (Å²) in [5.41, 5.74) is 0.990. The summed E-state index contributed by atoms with van der Waals surface area (Å²) in [5, 5.41) is 0. The number of ketones is 1. The number of carbonyl (C=O) groups is 1. The van der Waals surface area contributed by atoms with Crippen LogP contribution < -0.4 is 0 Å². The molecular formula is C11H17NO. The number of rotatable bonds is 3. The Balaban J connectivity index is 2.51. The van der Waals surface area contributed by atoms with Gasteiger partial charge in [-0.2, -0.15) is 0 Å². The Labute approximate surface area is 79.9 Å². The van der Waals surface area contributed by atoms with E-state index in [1.54, 1.807) is 12.3 Å². The highest BCUT2D eigenvalue weighted by atomic mass is 16.1. The fourth-order valence-corrected chi connectivity index (χ4v) is 1.39. The average Bonchev–Trinajstić information content (AvgIpc) is 2.15. The Morgan fingerprint density at radius 3 is 2.77 bits per heavy atom. The van der Waals surface area contributed by atoms with Crippen LogP contribution in [0.2, 0.25) is 0 Å². The van der Waals surface area contributed by atoms with Crippen LogP contribution in [0, 0.1) is 0 Å². The molecule has 13 heavy (non-hydrogen) atoms. The van der Waals surface area contributed by atoms with Crippen LogP contribution in [-0.4, -0.2) is 24.8 Å². The predicted molar refractivity (Wildman–Crippen MR) is 54.4 cm³/mol. The zero-order valence-electron chi connectivity index (χ0n) is 8.42. The van der Waals surface area contributed by atoms with E-state index in [1.807, 2.05) is 19.0 Å². The van der Waals surface area contributed by atoms with Gasteiger partial charge >= 0.3 is 0 Å². The first kappa shape index (κ1) is 10.0. The molecule has 0 radical (unpaired) electrons. The lowest BCUT2D eigenvalue weighted by molar-refractivity contribution is -0.111. The van der Waals surface area contributed by atoms with Crippen molar-refractivity contribution in [3.8, 4) is 0 Å². The van der Waals surface area contributed by atoms with Gasteiger partial charge in [0.2, 0.25) is 0 Å². The maximum Gasteiger partial charge on any atom is 0.182 e. The lowest BCUT2D eigenvalue weighted by Gasteiger charge is -2.09. The summed E-state index contributed by atoms with van der Waals surface area (Å²) in [6, 6.07) is 0. The lowest BCUT2D eigenvalue weighted by atomic mass is 9.96. The van der Waals surface area contributed by atoms with E-state index in [4.69, 9.17) is 0 Å². The molecule has 1 aliphatic carbocycles. The average molecular weight is 179 g/mol. The second kappa shape index (κ2) is 4.85. The normalized spacial score (nSPS) is 17.2. The molecule has 0 unspecified atom stereocenters. The molecule has 0 spiro atoms. The van der Waals surface area contributed by atoms with Gasteiger partial charge in [0.1, 0.15) is 0 Å². The molecule has 0 amide bonds. The second-order valence-corrected chi connectivity index (χ2v) is 3.62. The van der Waals surface area contributed by atoms with Crippen LogP contribution in [0.3, 0.4) is 0 Å². The molecule has 0 saturated heterocycles. The summed E-state index contributed by atoms with van der Waals surface area (Å²) in [4.78, 5) is 13.4. The molecule has 1 aliphatic rings. The molecule has 72 valence electrons. The molecule has 0 N–H and O–H groups in total. The van der Waals surface area contributed by atoms with Crippen molar-refractivity contribution in [1.82, 2.24) is 4.90 Å². The molecule has 0 heterocycles. The smallest absolute Gasteiger partial charge is 0.182 e. The SMILES string of the molecule is CN(C)/C=C/C(=O)C1=CCCCC1. The zero-order chi connectivity index (χ0) is 9.68. The van der Waals surface area contributed by atoms with Crippen molar-refractivity contribution in [2.24, 2.45) is 0 Å². The van der Waals surface area contributed by atoms with Gasteiger partial charge in [0.05, 0.1) is 0 Å². The standard InChI is InChI=1S/C11H17NO/c1-12(2)9-8-11(13)10-6-4-3-5-7-10/h6,8-9H,3-5,7H2,1-2H3/b9-8+. The van der Waals surface area contributed by atoms with Gasteiger partial charge in [-0.1, -0.05) is 6.08 Å². The number of carbonyl (C=O) groups excluding carboxylic acids is 1. The van der Waals surface area contributed by atoms with Crippen molar-refractivity contribution in [2.75, 3.05) is 14.1 Å². The largest absolute Gasteiger partial charge is 0.383 e.